The van der Waals surface area contributed by atoms with Gasteiger partial charge in [0.1, 0.15) is 17.3 Å². The van der Waals surface area contributed by atoms with E-state index in [0.717, 1.165) is 0 Å². The molecule has 114 valence electrons. The van der Waals surface area contributed by atoms with E-state index < -0.39 is 6.10 Å². The number of hydrogen-bond donors (Lipinski definition) is 1. The fourth-order valence-electron chi connectivity index (χ4n) is 2.55. The zero-order chi connectivity index (χ0) is 15.7. The number of halogens is 1. The number of ether oxygens (including phenoxy) is 1. The molecule has 5 heteroatoms. The smallest absolute Gasteiger partial charge is 0.268 e. The summed E-state index contributed by atoms with van der Waals surface area (Å²) < 4.78 is 19.0. The van der Waals surface area contributed by atoms with Gasteiger partial charge in [0.05, 0.1) is 12.2 Å². The Morgan fingerprint density at radius 2 is 2.09 bits per heavy atom. The first-order chi connectivity index (χ1) is 10.6. The topological polar surface area (TPSA) is 49.8 Å². The molecule has 1 aliphatic rings. The third-order valence-corrected chi connectivity index (χ3v) is 3.64. The minimum Gasteiger partial charge on any atom is -0.508 e. The average molecular weight is 301 g/mol. The predicted octanol–water partition coefficient (Wildman–Crippen LogP) is 3.24. The molecule has 0 bridgehead atoms. The Morgan fingerprint density at radius 3 is 2.82 bits per heavy atom. The van der Waals surface area contributed by atoms with E-state index in [-0.39, 0.29) is 24.0 Å². The molecule has 0 radical (unpaired) electrons. The molecule has 22 heavy (non-hydrogen) atoms. The molecule has 2 aromatic rings. The number of aromatic hydroxyl groups is 1. The van der Waals surface area contributed by atoms with E-state index in [0.29, 0.717) is 23.4 Å². The lowest BCUT2D eigenvalue weighted by Gasteiger charge is -2.34. The van der Waals surface area contributed by atoms with E-state index in [1.807, 2.05) is 6.92 Å². The van der Waals surface area contributed by atoms with E-state index in [1.54, 1.807) is 18.2 Å². The van der Waals surface area contributed by atoms with Crippen molar-refractivity contribution in [1.82, 2.24) is 0 Å². The van der Waals surface area contributed by atoms with Gasteiger partial charge in [-0.05, 0) is 36.2 Å². The van der Waals surface area contributed by atoms with Gasteiger partial charge in [-0.25, -0.2) is 4.39 Å². The van der Waals surface area contributed by atoms with Crippen LogP contribution in [0.1, 0.15) is 18.9 Å². The second-order valence-electron chi connectivity index (χ2n) is 5.22. The number of phenols is 1. The Balaban J connectivity index is 2.00. The van der Waals surface area contributed by atoms with Crippen LogP contribution in [0.3, 0.4) is 0 Å². The van der Waals surface area contributed by atoms with Crippen molar-refractivity contribution in [1.29, 1.82) is 0 Å². The predicted molar refractivity (Wildman–Crippen MR) is 80.4 cm³/mol. The van der Waals surface area contributed by atoms with Crippen molar-refractivity contribution in [3.05, 3.63) is 53.8 Å². The van der Waals surface area contributed by atoms with Gasteiger partial charge >= 0.3 is 0 Å². The minimum atomic E-state index is -0.564. The summed E-state index contributed by atoms with van der Waals surface area (Å²) in [6.45, 7) is 2.10. The van der Waals surface area contributed by atoms with Crippen molar-refractivity contribution in [3.8, 4) is 11.5 Å². The first kappa shape index (κ1) is 14.4. The highest BCUT2D eigenvalue weighted by Crippen LogP contribution is 2.38. The number of nitrogens with zero attached hydrogens (tertiary/aromatic N) is 1. The van der Waals surface area contributed by atoms with E-state index >= 15 is 0 Å². The summed E-state index contributed by atoms with van der Waals surface area (Å²) in [5, 5.41) is 9.67. The summed E-state index contributed by atoms with van der Waals surface area (Å²) in [5.41, 5.74) is 1.18. The molecule has 0 unspecified atom stereocenters. The second-order valence-corrected chi connectivity index (χ2v) is 5.22. The maximum atomic E-state index is 13.4. The Labute approximate surface area is 127 Å². The van der Waals surface area contributed by atoms with Gasteiger partial charge in [-0.2, -0.15) is 0 Å². The molecular weight excluding hydrogens is 285 g/mol. The summed E-state index contributed by atoms with van der Waals surface area (Å²) in [4.78, 5) is 14.1. The number of hydrogen-bond acceptors (Lipinski definition) is 3. The fraction of sp³-hybridized carbons (Fsp3) is 0.235. The number of carbonyl (C=O) groups excluding carboxylic acids is 1. The van der Waals surface area contributed by atoms with Gasteiger partial charge in [0.15, 0.2) is 6.10 Å². The highest BCUT2D eigenvalue weighted by atomic mass is 19.1. The summed E-state index contributed by atoms with van der Waals surface area (Å²) in [5.74, 6) is 0.0567. The Bertz CT molecular complexity index is 717. The van der Waals surface area contributed by atoms with Crippen LogP contribution in [-0.4, -0.2) is 17.1 Å². The Hall–Kier alpha value is -2.56. The molecule has 4 nitrogen and oxygen atoms in total. The van der Waals surface area contributed by atoms with Gasteiger partial charge < -0.3 is 14.7 Å². The number of anilines is 1. The third kappa shape index (κ3) is 2.62. The highest BCUT2D eigenvalue weighted by Gasteiger charge is 2.33. The molecule has 1 aliphatic heterocycles. The molecule has 1 atom stereocenters. The first-order valence-corrected chi connectivity index (χ1v) is 7.14. The van der Waals surface area contributed by atoms with Crippen LogP contribution in [0, 0.1) is 5.82 Å². The number of fused-ring (bicyclic) bond motifs is 1. The van der Waals surface area contributed by atoms with Crippen LogP contribution in [0.15, 0.2) is 42.5 Å². The summed E-state index contributed by atoms with van der Waals surface area (Å²) in [6, 6.07) is 10.8. The number of benzene rings is 2. The van der Waals surface area contributed by atoms with Crippen molar-refractivity contribution in [3.63, 3.8) is 0 Å². The maximum Gasteiger partial charge on any atom is 0.268 e. The van der Waals surface area contributed by atoms with E-state index in [2.05, 4.69) is 0 Å². The molecule has 0 fully saturated rings. The lowest BCUT2D eigenvalue weighted by atomic mass is 10.1. The van der Waals surface area contributed by atoms with Crippen molar-refractivity contribution in [2.45, 2.75) is 26.0 Å². The molecule has 3 rings (SSSR count). The zero-order valence-corrected chi connectivity index (χ0v) is 12.1. The Kier molecular flexibility index (Phi) is 3.71. The van der Waals surface area contributed by atoms with Crippen LogP contribution in [0.25, 0.3) is 0 Å². The van der Waals surface area contributed by atoms with Crippen molar-refractivity contribution in [2.75, 3.05) is 4.90 Å². The Morgan fingerprint density at radius 1 is 1.27 bits per heavy atom. The van der Waals surface area contributed by atoms with Gasteiger partial charge in [-0.1, -0.05) is 19.1 Å². The van der Waals surface area contributed by atoms with Crippen molar-refractivity contribution >= 4 is 11.6 Å². The molecule has 0 saturated carbocycles. The fourth-order valence-corrected chi connectivity index (χ4v) is 2.55. The largest absolute Gasteiger partial charge is 0.508 e. The number of amides is 1. The van der Waals surface area contributed by atoms with Crippen LogP contribution in [0.4, 0.5) is 10.1 Å². The zero-order valence-electron chi connectivity index (χ0n) is 12.1. The highest BCUT2D eigenvalue weighted by molar-refractivity contribution is 6.00. The maximum absolute atomic E-state index is 13.4. The standard InChI is InChI=1S/C17H16FNO3/c1-2-15-17(21)19(10-11-4-3-5-12(18)8-11)14-9-13(20)6-7-16(14)22-15/h3-9,15,20H,2,10H2,1H3/t15-/m1/s1. The lowest BCUT2D eigenvalue weighted by molar-refractivity contribution is -0.126. The molecule has 1 heterocycles. The minimum absolute atomic E-state index is 0.0503. The quantitative estimate of drug-likeness (QED) is 0.947. The van der Waals surface area contributed by atoms with Crippen molar-refractivity contribution in [2.24, 2.45) is 0 Å². The lowest BCUT2D eigenvalue weighted by Crippen LogP contribution is -2.45. The van der Waals surface area contributed by atoms with Crippen LogP contribution >= 0.6 is 0 Å². The van der Waals surface area contributed by atoms with Gasteiger partial charge in [-0.3, -0.25) is 4.79 Å². The molecular formula is C17H16FNO3. The van der Waals surface area contributed by atoms with Crippen LogP contribution in [-0.2, 0) is 11.3 Å². The molecule has 0 spiro atoms. The molecule has 1 amide bonds. The SMILES string of the molecule is CC[C@H]1Oc2ccc(O)cc2N(Cc2cccc(F)c2)C1=O. The van der Waals surface area contributed by atoms with E-state index in [9.17, 15) is 14.3 Å². The van der Waals surface area contributed by atoms with Crippen molar-refractivity contribution < 1.29 is 19.0 Å². The molecule has 0 saturated heterocycles. The molecule has 0 aromatic heterocycles. The van der Waals surface area contributed by atoms with Crippen LogP contribution in [0.5, 0.6) is 11.5 Å². The average Bonchev–Trinajstić information content (AvgIpc) is 2.50. The van der Waals surface area contributed by atoms with Crippen LogP contribution in [0.2, 0.25) is 0 Å². The van der Waals surface area contributed by atoms with E-state index in [4.69, 9.17) is 4.74 Å². The normalized spacial score (nSPS) is 17.1. The summed E-state index contributed by atoms with van der Waals surface area (Å²) in [6.07, 6.45) is -0.0238. The van der Waals surface area contributed by atoms with Gasteiger partial charge in [0.25, 0.3) is 5.91 Å². The number of phenolic OH excluding ortho intramolecular Hbond substituents is 1. The summed E-state index contributed by atoms with van der Waals surface area (Å²) in [7, 11) is 0. The molecule has 1 N–H and O–H groups in total. The monoisotopic (exact) mass is 301 g/mol. The first-order valence-electron chi connectivity index (χ1n) is 7.14. The second kappa shape index (κ2) is 5.67. The summed E-state index contributed by atoms with van der Waals surface area (Å²) >= 11 is 0. The van der Waals surface area contributed by atoms with Gasteiger partial charge in [0, 0.05) is 6.07 Å². The van der Waals surface area contributed by atoms with Gasteiger partial charge in [0.2, 0.25) is 0 Å². The number of carbonyl (C=O) groups is 1. The molecule has 0 aliphatic carbocycles. The number of rotatable bonds is 3. The van der Waals surface area contributed by atoms with Crippen LogP contribution < -0.4 is 9.64 Å². The molecule has 2 aromatic carbocycles. The van der Waals surface area contributed by atoms with E-state index in [1.165, 1.54) is 29.2 Å². The van der Waals surface area contributed by atoms with Gasteiger partial charge in [-0.15, -0.1) is 0 Å². The third-order valence-electron chi connectivity index (χ3n) is 3.64.